The zero-order valence-electron chi connectivity index (χ0n) is 21.8. The number of nitrogens with zero attached hydrogens (tertiary/aromatic N) is 1. The molecule has 0 aliphatic carbocycles. The number of carbonyl (C=O) groups is 2. The largest absolute Gasteiger partial charge is 0.491 e. The van der Waals surface area contributed by atoms with Crippen molar-refractivity contribution in [3.8, 4) is 11.5 Å². The van der Waals surface area contributed by atoms with Crippen molar-refractivity contribution >= 4 is 17.5 Å². The van der Waals surface area contributed by atoms with Gasteiger partial charge in [0.05, 0.1) is 18.9 Å². The third-order valence-electron chi connectivity index (χ3n) is 7.27. The molecule has 0 saturated carbocycles. The van der Waals surface area contributed by atoms with Crippen molar-refractivity contribution in [1.82, 2.24) is 4.90 Å². The number of ether oxygens (including phenoxy) is 3. The number of piperidine rings is 1. The number of carbonyl (C=O) groups excluding carboxylic acids is 2. The molecule has 1 saturated heterocycles. The van der Waals surface area contributed by atoms with Gasteiger partial charge in [-0.1, -0.05) is 42.5 Å². The predicted octanol–water partition coefficient (Wildman–Crippen LogP) is 5.07. The second-order valence-electron chi connectivity index (χ2n) is 9.78. The maximum atomic E-state index is 13.3. The Morgan fingerprint density at radius 1 is 0.974 bits per heavy atom. The number of benzene rings is 3. The summed E-state index contributed by atoms with van der Waals surface area (Å²) in [5.74, 6) is 1.64. The lowest BCUT2D eigenvalue weighted by molar-refractivity contribution is -0.118. The Morgan fingerprint density at radius 2 is 1.72 bits per heavy atom. The summed E-state index contributed by atoms with van der Waals surface area (Å²) >= 11 is 0. The smallest absolute Gasteiger partial charge is 0.262 e. The van der Waals surface area contributed by atoms with Gasteiger partial charge >= 0.3 is 0 Å². The first kappa shape index (κ1) is 26.7. The fourth-order valence-corrected chi connectivity index (χ4v) is 5.38. The summed E-state index contributed by atoms with van der Waals surface area (Å²) in [5, 5.41) is 2.78. The van der Waals surface area contributed by atoms with Gasteiger partial charge in [-0.25, -0.2) is 4.39 Å². The first-order valence-corrected chi connectivity index (χ1v) is 13.4. The molecule has 2 amide bonds. The fourth-order valence-electron chi connectivity index (χ4n) is 5.38. The molecule has 7 nitrogen and oxygen atoms in total. The topological polar surface area (TPSA) is 77.1 Å². The van der Waals surface area contributed by atoms with Crippen molar-refractivity contribution in [2.45, 2.75) is 18.8 Å². The molecule has 0 aromatic heterocycles. The third kappa shape index (κ3) is 6.57. The van der Waals surface area contributed by atoms with Crippen molar-refractivity contribution in [1.29, 1.82) is 0 Å². The molecule has 39 heavy (non-hydrogen) atoms. The molecule has 0 bridgehead atoms. The van der Waals surface area contributed by atoms with Crippen LogP contribution in [0.25, 0.3) is 0 Å². The van der Waals surface area contributed by atoms with Crippen LogP contribution in [0.15, 0.2) is 72.8 Å². The summed E-state index contributed by atoms with van der Waals surface area (Å²) in [6.07, 6.45) is 1.75. The van der Waals surface area contributed by atoms with E-state index >= 15 is 0 Å². The van der Waals surface area contributed by atoms with E-state index in [4.69, 9.17) is 14.2 Å². The van der Waals surface area contributed by atoms with Gasteiger partial charge in [0.2, 0.25) is 0 Å². The summed E-state index contributed by atoms with van der Waals surface area (Å²) in [6.45, 7) is 1.63. The Bertz CT molecular complexity index is 1260. The van der Waals surface area contributed by atoms with E-state index in [0.717, 1.165) is 18.6 Å². The third-order valence-corrected chi connectivity index (χ3v) is 7.27. The summed E-state index contributed by atoms with van der Waals surface area (Å²) in [5.41, 5.74) is 3.54. The predicted molar refractivity (Wildman–Crippen MR) is 146 cm³/mol. The van der Waals surface area contributed by atoms with Crippen molar-refractivity contribution < 1.29 is 28.2 Å². The first-order chi connectivity index (χ1) is 19.1. The van der Waals surface area contributed by atoms with E-state index in [1.54, 1.807) is 18.2 Å². The van der Waals surface area contributed by atoms with E-state index in [-0.39, 0.29) is 30.9 Å². The van der Waals surface area contributed by atoms with Crippen molar-refractivity contribution in [3.05, 3.63) is 89.5 Å². The molecule has 2 heterocycles. The lowest BCUT2D eigenvalue weighted by Crippen LogP contribution is -2.40. The maximum absolute atomic E-state index is 13.3. The average molecular weight is 533 g/mol. The molecule has 2 aliphatic heterocycles. The van der Waals surface area contributed by atoms with Crippen LogP contribution in [0.5, 0.6) is 11.5 Å². The maximum Gasteiger partial charge on any atom is 0.262 e. The van der Waals surface area contributed by atoms with E-state index in [1.807, 2.05) is 23.1 Å². The van der Waals surface area contributed by atoms with Crippen LogP contribution in [-0.2, 0) is 9.53 Å². The number of nitrogens with one attached hydrogen (secondary N) is 1. The Balaban J connectivity index is 1.25. The summed E-state index contributed by atoms with van der Waals surface area (Å²) < 4.78 is 28.5. The van der Waals surface area contributed by atoms with Crippen molar-refractivity contribution in [3.63, 3.8) is 0 Å². The van der Waals surface area contributed by atoms with Gasteiger partial charge in [-0.05, 0) is 60.2 Å². The molecule has 1 fully saturated rings. The van der Waals surface area contributed by atoms with Gasteiger partial charge in [0.25, 0.3) is 11.8 Å². The van der Waals surface area contributed by atoms with Gasteiger partial charge in [-0.2, -0.15) is 0 Å². The first-order valence-electron chi connectivity index (χ1n) is 13.4. The Kier molecular flexibility index (Phi) is 8.73. The highest BCUT2D eigenvalue weighted by atomic mass is 19.1. The number of hydrogen-bond acceptors (Lipinski definition) is 5. The van der Waals surface area contributed by atoms with E-state index in [0.29, 0.717) is 49.2 Å². The Hall–Kier alpha value is -3.91. The van der Waals surface area contributed by atoms with E-state index < -0.39 is 6.67 Å². The quantitative estimate of drug-likeness (QED) is 0.369. The summed E-state index contributed by atoms with van der Waals surface area (Å²) in [6, 6.07) is 23.8. The van der Waals surface area contributed by atoms with Crippen LogP contribution < -0.4 is 14.8 Å². The molecule has 3 aromatic carbocycles. The van der Waals surface area contributed by atoms with Crippen LogP contribution in [-0.4, -0.2) is 62.9 Å². The van der Waals surface area contributed by atoms with Crippen LogP contribution in [0.1, 0.15) is 40.2 Å². The zero-order chi connectivity index (χ0) is 27.0. The summed E-state index contributed by atoms with van der Waals surface area (Å²) in [4.78, 5) is 26.9. The number of amides is 2. The number of rotatable bonds is 10. The van der Waals surface area contributed by atoms with E-state index in [2.05, 4.69) is 41.7 Å². The molecule has 0 spiro atoms. The standard InChI is InChI=1S/C31H33FN2O5/c32-14-17-37-18-19-38-26-9-6-23(7-10-26)30(22-4-2-1-3-5-22)24-12-15-34(16-13-24)31(36)25-8-11-28-27(20-25)33-29(35)21-39-28/h1-11,20,24,30H,12-19,21H2,(H,33,35)/t30-/m0/s1. The monoisotopic (exact) mass is 532 g/mol. The number of likely N-dealkylation sites (tertiary alicyclic amines) is 1. The molecule has 2 aliphatic rings. The second kappa shape index (κ2) is 12.8. The second-order valence-corrected chi connectivity index (χ2v) is 9.78. The minimum Gasteiger partial charge on any atom is -0.491 e. The number of anilines is 1. The Morgan fingerprint density at radius 3 is 2.46 bits per heavy atom. The number of fused-ring (bicyclic) bond motifs is 1. The molecule has 3 aromatic rings. The zero-order valence-corrected chi connectivity index (χ0v) is 21.8. The highest BCUT2D eigenvalue weighted by Crippen LogP contribution is 2.39. The number of alkyl halides is 1. The SMILES string of the molecule is O=C1COc2ccc(C(=O)N3CCC([C@@H](c4ccccc4)c4ccc(OCCOCCF)cc4)CC3)cc2N1. The van der Waals surface area contributed by atoms with Gasteiger partial charge in [-0.3, -0.25) is 9.59 Å². The molecule has 0 radical (unpaired) electrons. The lowest BCUT2D eigenvalue weighted by atomic mass is 9.76. The number of hydrogen-bond donors (Lipinski definition) is 1. The molecular formula is C31H33FN2O5. The van der Waals surface area contributed by atoms with Crippen LogP contribution in [0.4, 0.5) is 10.1 Å². The van der Waals surface area contributed by atoms with E-state index in [1.165, 1.54) is 11.1 Å². The average Bonchev–Trinajstić information content (AvgIpc) is 2.98. The van der Waals surface area contributed by atoms with Gasteiger partial charge in [0.1, 0.15) is 24.8 Å². The molecule has 0 unspecified atom stereocenters. The minimum atomic E-state index is -0.494. The molecule has 1 N–H and O–H groups in total. The number of halogens is 1. The van der Waals surface area contributed by atoms with Gasteiger partial charge in [0.15, 0.2) is 6.61 Å². The van der Waals surface area contributed by atoms with Crippen LogP contribution in [0, 0.1) is 5.92 Å². The van der Waals surface area contributed by atoms with E-state index in [9.17, 15) is 14.0 Å². The summed E-state index contributed by atoms with van der Waals surface area (Å²) in [7, 11) is 0. The highest BCUT2D eigenvalue weighted by molar-refractivity contribution is 5.99. The van der Waals surface area contributed by atoms with Gasteiger partial charge in [-0.15, -0.1) is 0 Å². The minimum absolute atomic E-state index is 0.0112. The molecule has 1 atom stereocenters. The van der Waals surface area contributed by atoms with Crippen LogP contribution >= 0.6 is 0 Å². The molecule has 5 rings (SSSR count). The van der Waals surface area contributed by atoms with Gasteiger partial charge < -0.3 is 24.4 Å². The highest BCUT2D eigenvalue weighted by Gasteiger charge is 2.31. The van der Waals surface area contributed by atoms with Crippen LogP contribution in [0.2, 0.25) is 0 Å². The van der Waals surface area contributed by atoms with Crippen molar-refractivity contribution in [2.24, 2.45) is 5.92 Å². The normalized spacial score (nSPS) is 16.1. The lowest BCUT2D eigenvalue weighted by Gasteiger charge is -2.37. The fraction of sp³-hybridized carbons (Fsp3) is 0.355. The Labute approximate surface area is 227 Å². The molecule has 8 heteroatoms. The van der Waals surface area contributed by atoms with Gasteiger partial charge in [0, 0.05) is 24.6 Å². The molecule has 204 valence electrons. The molecular weight excluding hydrogens is 499 g/mol. The van der Waals surface area contributed by atoms with Crippen LogP contribution in [0.3, 0.4) is 0 Å². The van der Waals surface area contributed by atoms with Crippen molar-refractivity contribution in [2.75, 3.05) is 51.5 Å².